The van der Waals surface area contributed by atoms with E-state index in [1.165, 1.54) is 4.31 Å². The molecule has 8 nitrogen and oxygen atoms in total. The summed E-state index contributed by atoms with van der Waals surface area (Å²) in [6.07, 6.45) is 0.809. The number of amides is 1. The van der Waals surface area contributed by atoms with Gasteiger partial charge in [-0.25, -0.2) is 8.42 Å². The number of carbonyl (C=O) groups excluding carboxylic acids is 2. The van der Waals surface area contributed by atoms with Crippen LogP contribution in [0.25, 0.3) is 0 Å². The highest BCUT2D eigenvalue weighted by Crippen LogP contribution is 2.18. The van der Waals surface area contributed by atoms with E-state index in [-0.39, 0.29) is 29.4 Å². The molecular weight excluding hydrogens is 432 g/mol. The van der Waals surface area contributed by atoms with Crippen LogP contribution in [0.4, 0.5) is 0 Å². The number of nitrogens with zero attached hydrogens (tertiary/aromatic N) is 1. The first-order valence-electron chi connectivity index (χ1n) is 10.5. The van der Waals surface area contributed by atoms with Crippen molar-refractivity contribution in [1.82, 2.24) is 9.62 Å². The molecule has 1 aliphatic heterocycles. The highest BCUT2D eigenvalue weighted by molar-refractivity contribution is 7.89. The van der Waals surface area contributed by atoms with Crippen molar-refractivity contribution in [3.8, 4) is 5.75 Å². The van der Waals surface area contributed by atoms with E-state index in [0.29, 0.717) is 50.6 Å². The van der Waals surface area contributed by atoms with Crippen LogP contribution in [0.2, 0.25) is 0 Å². The van der Waals surface area contributed by atoms with Crippen molar-refractivity contribution in [3.05, 3.63) is 59.7 Å². The highest BCUT2D eigenvalue weighted by Gasteiger charge is 2.26. The number of benzene rings is 2. The second-order valence-electron chi connectivity index (χ2n) is 7.41. The molecule has 1 saturated heterocycles. The molecule has 2 aromatic rings. The Morgan fingerprint density at radius 2 is 1.66 bits per heavy atom. The normalized spacial score (nSPS) is 14.7. The van der Waals surface area contributed by atoms with Crippen molar-refractivity contribution < 1.29 is 27.5 Å². The van der Waals surface area contributed by atoms with Gasteiger partial charge in [-0.15, -0.1) is 0 Å². The van der Waals surface area contributed by atoms with Crippen molar-refractivity contribution in [2.24, 2.45) is 0 Å². The quantitative estimate of drug-likeness (QED) is 0.545. The molecule has 0 unspecified atom stereocenters. The number of hydrogen-bond donors (Lipinski definition) is 1. The van der Waals surface area contributed by atoms with Gasteiger partial charge in [-0.1, -0.05) is 12.1 Å². The van der Waals surface area contributed by atoms with Gasteiger partial charge in [0.25, 0.3) is 0 Å². The maximum absolute atomic E-state index is 12.6. The fourth-order valence-electron chi connectivity index (χ4n) is 3.35. The van der Waals surface area contributed by atoms with E-state index in [2.05, 4.69) is 5.32 Å². The number of Topliss-reactive ketones (excluding diaryl/α,β-unsaturated/α-hetero) is 1. The van der Waals surface area contributed by atoms with Gasteiger partial charge in [0.2, 0.25) is 15.9 Å². The number of morpholine rings is 1. The molecule has 9 heteroatoms. The molecule has 0 atom stereocenters. The molecule has 0 spiro atoms. The zero-order valence-electron chi connectivity index (χ0n) is 18.1. The number of methoxy groups -OCH3 is 1. The molecular formula is C23H28N2O6S. The van der Waals surface area contributed by atoms with Gasteiger partial charge in [-0.2, -0.15) is 4.31 Å². The van der Waals surface area contributed by atoms with E-state index >= 15 is 0 Å². The Bertz CT molecular complexity index is 1010. The summed E-state index contributed by atoms with van der Waals surface area (Å²) in [4.78, 5) is 24.5. The van der Waals surface area contributed by atoms with Crippen molar-refractivity contribution in [1.29, 1.82) is 0 Å². The number of nitrogens with one attached hydrogen (secondary N) is 1. The second-order valence-corrected chi connectivity index (χ2v) is 9.35. The Labute approximate surface area is 188 Å². The maximum Gasteiger partial charge on any atom is 0.243 e. The maximum atomic E-state index is 12.6. The van der Waals surface area contributed by atoms with E-state index in [0.717, 1.165) is 5.56 Å². The summed E-state index contributed by atoms with van der Waals surface area (Å²) in [7, 11) is -1.95. The van der Waals surface area contributed by atoms with Crippen molar-refractivity contribution in [3.63, 3.8) is 0 Å². The number of hydrogen-bond acceptors (Lipinski definition) is 6. The fourth-order valence-corrected chi connectivity index (χ4v) is 4.76. The Morgan fingerprint density at radius 3 is 2.28 bits per heavy atom. The van der Waals surface area contributed by atoms with Gasteiger partial charge < -0.3 is 14.8 Å². The molecule has 172 valence electrons. The average Bonchev–Trinajstić information content (AvgIpc) is 2.83. The number of carbonyl (C=O) groups is 2. The first-order chi connectivity index (χ1) is 15.4. The van der Waals surface area contributed by atoms with E-state index in [1.54, 1.807) is 55.6 Å². The Kier molecular flexibility index (Phi) is 8.38. The molecule has 1 N–H and O–H groups in total. The lowest BCUT2D eigenvalue weighted by atomic mass is 10.1. The lowest BCUT2D eigenvalue weighted by molar-refractivity contribution is -0.121. The van der Waals surface area contributed by atoms with E-state index in [1.807, 2.05) is 0 Å². The predicted molar refractivity (Wildman–Crippen MR) is 119 cm³/mol. The molecule has 0 radical (unpaired) electrons. The van der Waals surface area contributed by atoms with Crippen LogP contribution in [0.5, 0.6) is 5.75 Å². The minimum absolute atomic E-state index is 0.0973. The second kappa shape index (κ2) is 11.2. The zero-order chi connectivity index (χ0) is 23.0. The van der Waals surface area contributed by atoms with Crippen LogP contribution in [0, 0.1) is 0 Å². The van der Waals surface area contributed by atoms with Gasteiger partial charge >= 0.3 is 0 Å². The van der Waals surface area contributed by atoms with Crippen molar-refractivity contribution in [2.45, 2.75) is 24.2 Å². The van der Waals surface area contributed by atoms with Gasteiger partial charge in [0.05, 0.1) is 25.2 Å². The zero-order valence-corrected chi connectivity index (χ0v) is 18.9. The molecule has 3 rings (SSSR count). The summed E-state index contributed by atoms with van der Waals surface area (Å²) in [6.45, 7) is 1.94. The topological polar surface area (TPSA) is 102 Å². The lowest BCUT2D eigenvalue weighted by Gasteiger charge is -2.26. The molecule has 0 saturated carbocycles. The first-order valence-corrected chi connectivity index (χ1v) is 11.9. The predicted octanol–water partition coefficient (Wildman–Crippen LogP) is 2.04. The SMILES string of the molecule is COc1ccc(C(=O)CCC(=O)NCCc2ccc(S(=O)(=O)N3CCOCC3)cc2)cc1. The average molecular weight is 461 g/mol. The van der Waals surface area contributed by atoms with Crippen LogP contribution in [0.15, 0.2) is 53.4 Å². The van der Waals surface area contributed by atoms with Crippen LogP contribution in [0.3, 0.4) is 0 Å². The Morgan fingerprint density at radius 1 is 1.00 bits per heavy atom. The summed E-state index contributed by atoms with van der Waals surface area (Å²) >= 11 is 0. The molecule has 1 fully saturated rings. The van der Waals surface area contributed by atoms with Crippen LogP contribution in [-0.2, 0) is 26.0 Å². The number of ether oxygens (including phenoxy) is 2. The summed E-state index contributed by atoms with van der Waals surface area (Å²) in [5.41, 5.74) is 1.46. The van der Waals surface area contributed by atoms with Gasteiger partial charge in [0, 0.05) is 38.0 Å². The van der Waals surface area contributed by atoms with E-state index < -0.39 is 10.0 Å². The molecule has 1 aliphatic rings. The molecule has 0 aromatic heterocycles. The minimum atomic E-state index is -3.51. The Hall–Kier alpha value is -2.75. The summed E-state index contributed by atoms with van der Waals surface area (Å²) < 4.78 is 37.0. The summed E-state index contributed by atoms with van der Waals surface area (Å²) in [6, 6.07) is 13.5. The lowest BCUT2D eigenvalue weighted by Crippen LogP contribution is -2.40. The summed E-state index contributed by atoms with van der Waals surface area (Å²) in [5, 5.41) is 2.80. The van der Waals surface area contributed by atoms with Crippen LogP contribution in [-0.4, -0.2) is 64.4 Å². The van der Waals surface area contributed by atoms with Gasteiger partial charge in [0.15, 0.2) is 5.78 Å². The third-order valence-electron chi connectivity index (χ3n) is 5.26. The molecule has 0 bridgehead atoms. The number of rotatable bonds is 10. The molecule has 0 aliphatic carbocycles. The molecule has 1 heterocycles. The van der Waals surface area contributed by atoms with Crippen molar-refractivity contribution in [2.75, 3.05) is 40.0 Å². The monoisotopic (exact) mass is 460 g/mol. The number of ketones is 1. The highest BCUT2D eigenvalue weighted by atomic mass is 32.2. The summed E-state index contributed by atoms with van der Waals surface area (Å²) in [5.74, 6) is 0.379. The van der Waals surface area contributed by atoms with Crippen LogP contribution >= 0.6 is 0 Å². The standard InChI is InChI=1S/C23H28N2O6S/c1-30-20-6-4-19(5-7-20)22(26)10-11-23(27)24-13-12-18-2-8-21(9-3-18)32(28,29)25-14-16-31-17-15-25/h2-9H,10-17H2,1H3,(H,24,27). The van der Waals surface area contributed by atoms with E-state index in [4.69, 9.17) is 9.47 Å². The molecule has 32 heavy (non-hydrogen) atoms. The Balaban J connectivity index is 1.41. The number of sulfonamides is 1. The van der Waals surface area contributed by atoms with Crippen LogP contribution < -0.4 is 10.1 Å². The van der Waals surface area contributed by atoms with Crippen molar-refractivity contribution >= 4 is 21.7 Å². The van der Waals surface area contributed by atoms with Gasteiger partial charge in [-0.3, -0.25) is 9.59 Å². The minimum Gasteiger partial charge on any atom is -0.497 e. The van der Waals surface area contributed by atoms with E-state index in [9.17, 15) is 18.0 Å². The van der Waals surface area contributed by atoms with Gasteiger partial charge in [-0.05, 0) is 48.4 Å². The third-order valence-corrected chi connectivity index (χ3v) is 7.17. The molecule has 2 aromatic carbocycles. The van der Waals surface area contributed by atoms with Gasteiger partial charge in [0.1, 0.15) is 5.75 Å². The van der Waals surface area contributed by atoms with Crippen LogP contribution in [0.1, 0.15) is 28.8 Å². The molecule has 1 amide bonds. The smallest absolute Gasteiger partial charge is 0.243 e. The first kappa shape index (κ1) is 23.9. The fraction of sp³-hybridized carbons (Fsp3) is 0.391. The third kappa shape index (κ3) is 6.38. The largest absolute Gasteiger partial charge is 0.497 e.